The summed E-state index contributed by atoms with van der Waals surface area (Å²) < 4.78 is 21.6. The summed E-state index contributed by atoms with van der Waals surface area (Å²) >= 11 is 3.27. The second kappa shape index (κ2) is 6.02. The molecule has 0 spiro atoms. The van der Waals surface area contributed by atoms with Crippen LogP contribution in [0.2, 0.25) is 0 Å². The molecule has 0 aromatic heterocycles. The molecule has 0 radical (unpaired) electrons. The fourth-order valence-electron chi connectivity index (χ4n) is 1.38. The van der Waals surface area contributed by atoms with Crippen LogP contribution in [0.25, 0.3) is 0 Å². The van der Waals surface area contributed by atoms with Gasteiger partial charge in [0.1, 0.15) is 0 Å². The largest absolute Gasteiger partial charge is 0.355 e. The Morgan fingerprint density at radius 3 is 2.26 bits per heavy atom. The van der Waals surface area contributed by atoms with Crippen LogP contribution in [0.3, 0.4) is 0 Å². The molecule has 1 aromatic rings. The van der Waals surface area contributed by atoms with Gasteiger partial charge in [-0.1, -0.05) is 28.1 Å². The molecule has 0 aliphatic rings. The van der Waals surface area contributed by atoms with E-state index in [1.165, 1.54) is 12.1 Å². The maximum absolute atomic E-state index is 11.6. The van der Waals surface area contributed by atoms with Gasteiger partial charge < -0.3 is 5.32 Å². The highest BCUT2D eigenvalue weighted by Gasteiger charge is 2.22. The maximum Gasteiger partial charge on any atom is 0.238 e. The minimum absolute atomic E-state index is 0.0851. The molecule has 1 rings (SSSR count). The lowest BCUT2D eigenvalue weighted by Crippen LogP contribution is -2.38. The minimum Gasteiger partial charge on any atom is -0.355 e. The SMILES string of the molecule is CC(C)(Br)C(=O)NCCc1ccc(S(N)(=O)=O)cc1. The van der Waals surface area contributed by atoms with Crippen LogP contribution in [-0.4, -0.2) is 25.2 Å². The van der Waals surface area contributed by atoms with E-state index >= 15 is 0 Å². The number of amides is 1. The summed E-state index contributed by atoms with van der Waals surface area (Å²) in [7, 11) is -3.65. The number of benzene rings is 1. The molecule has 0 fully saturated rings. The van der Waals surface area contributed by atoms with Crippen molar-refractivity contribution in [2.75, 3.05) is 6.54 Å². The molecule has 1 amide bonds. The zero-order valence-electron chi connectivity index (χ0n) is 10.8. The van der Waals surface area contributed by atoms with Gasteiger partial charge in [-0.3, -0.25) is 4.79 Å². The molecule has 0 atom stereocenters. The first-order valence-corrected chi connectivity index (χ1v) is 8.03. The van der Waals surface area contributed by atoms with Crippen LogP contribution in [0.15, 0.2) is 29.2 Å². The summed E-state index contributed by atoms with van der Waals surface area (Å²) in [5.41, 5.74) is 0.931. The lowest BCUT2D eigenvalue weighted by atomic mass is 10.1. The molecule has 0 saturated heterocycles. The van der Waals surface area contributed by atoms with Gasteiger partial charge in [0.05, 0.1) is 9.22 Å². The van der Waals surface area contributed by atoms with Crippen molar-refractivity contribution in [3.05, 3.63) is 29.8 Å². The van der Waals surface area contributed by atoms with Crippen LogP contribution in [0, 0.1) is 0 Å². The molecule has 1 aromatic carbocycles. The standard InChI is InChI=1S/C12H17BrN2O3S/c1-12(2,13)11(16)15-8-7-9-3-5-10(6-4-9)19(14,17)18/h3-6H,7-8H2,1-2H3,(H,15,16)(H2,14,17,18). The minimum atomic E-state index is -3.65. The average molecular weight is 349 g/mol. The van der Waals surface area contributed by atoms with E-state index in [2.05, 4.69) is 21.2 Å². The van der Waals surface area contributed by atoms with E-state index in [-0.39, 0.29) is 10.8 Å². The number of sulfonamides is 1. The van der Waals surface area contributed by atoms with Crippen LogP contribution in [0.4, 0.5) is 0 Å². The topological polar surface area (TPSA) is 89.3 Å². The number of nitrogens with one attached hydrogen (secondary N) is 1. The maximum atomic E-state index is 11.6. The predicted octanol–water partition coefficient (Wildman–Crippen LogP) is 1.17. The zero-order valence-corrected chi connectivity index (χ0v) is 13.2. The van der Waals surface area contributed by atoms with Crippen molar-refractivity contribution in [2.24, 2.45) is 5.14 Å². The molecular formula is C12H17BrN2O3S. The third kappa shape index (κ3) is 5.30. The summed E-state index contributed by atoms with van der Waals surface area (Å²) in [6, 6.07) is 6.29. The Bertz CT molecular complexity index is 547. The highest BCUT2D eigenvalue weighted by molar-refractivity contribution is 9.10. The predicted molar refractivity (Wildman–Crippen MR) is 77.5 cm³/mol. The molecule has 0 aliphatic carbocycles. The van der Waals surface area contributed by atoms with Gasteiger partial charge in [-0.2, -0.15) is 0 Å². The van der Waals surface area contributed by atoms with E-state index in [1.54, 1.807) is 26.0 Å². The van der Waals surface area contributed by atoms with E-state index < -0.39 is 14.3 Å². The molecule has 0 aliphatic heterocycles. The Labute approximate surface area is 121 Å². The Balaban J connectivity index is 2.54. The van der Waals surface area contributed by atoms with Gasteiger partial charge >= 0.3 is 0 Å². The van der Waals surface area contributed by atoms with Gasteiger partial charge in [0.25, 0.3) is 0 Å². The number of alkyl halides is 1. The van der Waals surface area contributed by atoms with Crippen molar-refractivity contribution in [3.63, 3.8) is 0 Å². The Hall–Kier alpha value is -0.920. The van der Waals surface area contributed by atoms with E-state index in [4.69, 9.17) is 5.14 Å². The third-order valence-corrected chi connectivity index (χ3v) is 3.78. The molecule has 0 bridgehead atoms. The Kier molecular flexibility index (Phi) is 5.11. The number of hydrogen-bond donors (Lipinski definition) is 2. The number of rotatable bonds is 5. The highest BCUT2D eigenvalue weighted by atomic mass is 79.9. The molecular weight excluding hydrogens is 332 g/mol. The van der Waals surface area contributed by atoms with Gasteiger partial charge in [-0.15, -0.1) is 0 Å². The molecule has 0 heterocycles. The number of nitrogens with two attached hydrogens (primary N) is 1. The Morgan fingerprint density at radius 2 is 1.84 bits per heavy atom. The highest BCUT2D eigenvalue weighted by Crippen LogP contribution is 2.15. The normalized spacial score (nSPS) is 12.2. The van der Waals surface area contributed by atoms with E-state index in [0.717, 1.165) is 5.56 Å². The summed E-state index contributed by atoms with van der Waals surface area (Å²) in [5, 5.41) is 7.79. The van der Waals surface area contributed by atoms with Crippen LogP contribution in [-0.2, 0) is 21.2 Å². The second-order valence-corrected chi connectivity index (χ2v) is 8.21. The number of hydrogen-bond acceptors (Lipinski definition) is 3. The van der Waals surface area contributed by atoms with Crippen molar-refractivity contribution in [3.8, 4) is 0 Å². The first-order chi connectivity index (χ1) is 8.60. The van der Waals surface area contributed by atoms with Crippen molar-refractivity contribution < 1.29 is 13.2 Å². The van der Waals surface area contributed by atoms with Gasteiger partial charge in [0, 0.05) is 6.54 Å². The van der Waals surface area contributed by atoms with Crippen molar-refractivity contribution >= 4 is 31.9 Å². The first kappa shape index (κ1) is 16.1. The van der Waals surface area contributed by atoms with Crippen LogP contribution >= 0.6 is 15.9 Å². The van der Waals surface area contributed by atoms with Gasteiger partial charge in [-0.25, -0.2) is 13.6 Å². The van der Waals surface area contributed by atoms with Crippen LogP contribution in [0.5, 0.6) is 0 Å². The number of halogens is 1. The van der Waals surface area contributed by atoms with Gasteiger partial charge in [-0.05, 0) is 38.0 Å². The van der Waals surface area contributed by atoms with E-state index in [9.17, 15) is 13.2 Å². The smallest absolute Gasteiger partial charge is 0.238 e. The summed E-state index contributed by atoms with van der Waals surface area (Å²) in [4.78, 5) is 11.7. The van der Waals surface area contributed by atoms with Crippen LogP contribution in [0.1, 0.15) is 19.4 Å². The van der Waals surface area contributed by atoms with Gasteiger partial charge in [0.2, 0.25) is 15.9 Å². The first-order valence-electron chi connectivity index (χ1n) is 5.69. The zero-order chi connectivity index (χ0) is 14.7. The van der Waals surface area contributed by atoms with E-state index in [1.807, 2.05) is 0 Å². The molecule has 0 saturated carbocycles. The second-order valence-electron chi connectivity index (χ2n) is 4.67. The number of primary sulfonamides is 1. The van der Waals surface area contributed by atoms with Crippen molar-refractivity contribution in [1.29, 1.82) is 0 Å². The fourth-order valence-corrected chi connectivity index (χ4v) is 2.03. The number of carbonyl (C=O) groups is 1. The third-order valence-electron chi connectivity index (χ3n) is 2.49. The quantitative estimate of drug-likeness (QED) is 0.782. The fraction of sp³-hybridized carbons (Fsp3) is 0.417. The molecule has 0 unspecified atom stereocenters. The lowest BCUT2D eigenvalue weighted by Gasteiger charge is -2.15. The van der Waals surface area contributed by atoms with Crippen molar-refractivity contribution in [2.45, 2.75) is 29.5 Å². The molecule has 106 valence electrons. The van der Waals surface area contributed by atoms with Crippen molar-refractivity contribution in [1.82, 2.24) is 5.32 Å². The molecule has 3 N–H and O–H groups in total. The summed E-state index contributed by atoms with van der Waals surface area (Å²) in [6.45, 7) is 4.02. The lowest BCUT2D eigenvalue weighted by molar-refractivity contribution is -0.122. The summed E-state index contributed by atoms with van der Waals surface area (Å²) in [5.74, 6) is -0.0892. The molecule has 19 heavy (non-hydrogen) atoms. The monoisotopic (exact) mass is 348 g/mol. The summed E-state index contributed by atoms with van der Waals surface area (Å²) in [6.07, 6.45) is 0.625. The number of carbonyl (C=O) groups excluding carboxylic acids is 1. The van der Waals surface area contributed by atoms with Gasteiger partial charge in [0.15, 0.2) is 0 Å². The van der Waals surface area contributed by atoms with E-state index in [0.29, 0.717) is 13.0 Å². The van der Waals surface area contributed by atoms with Crippen LogP contribution < -0.4 is 10.5 Å². The Morgan fingerprint density at radius 1 is 1.32 bits per heavy atom. The molecule has 5 nitrogen and oxygen atoms in total. The average Bonchev–Trinajstić information content (AvgIpc) is 2.27. The molecule has 7 heteroatoms.